The Kier molecular flexibility index (Phi) is 3.46. The smallest absolute Gasteiger partial charge is 0.349 e. The van der Waals surface area contributed by atoms with Crippen LogP contribution in [0.15, 0.2) is 42.7 Å². The molecule has 124 valence electrons. The number of pyridine rings is 1. The van der Waals surface area contributed by atoms with E-state index >= 15 is 0 Å². The summed E-state index contributed by atoms with van der Waals surface area (Å²) >= 11 is 0. The Morgan fingerprint density at radius 1 is 1.08 bits per heavy atom. The quantitative estimate of drug-likeness (QED) is 0.415. The molecule has 4 aromatic rings. The third kappa shape index (κ3) is 2.61. The second-order valence-electron chi connectivity index (χ2n) is 6.01. The first kappa shape index (κ1) is 15.3. The van der Waals surface area contributed by atoms with E-state index in [0.29, 0.717) is 22.7 Å². The number of ether oxygens (including phenoxy) is 1. The zero-order valence-corrected chi connectivity index (χ0v) is 14.1. The summed E-state index contributed by atoms with van der Waals surface area (Å²) in [5.41, 5.74) is 3.24. The van der Waals surface area contributed by atoms with Gasteiger partial charge in [-0.25, -0.2) is 14.3 Å². The van der Waals surface area contributed by atoms with Crippen molar-refractivity contribution in [3.8, 4) is 5.75 Å². The molecular weight excluding hydrogens is 316 g/mol. The fourth-order valence-corrected chi connectivity index (χ4v) is 2.95. The molecule has 0 atom stereocenters. The van der Waals surface area contributed by atoms with Crippen molar-refractivity contribution < 1.29 is 9.53 Å². The van der Waals surface area contributed by atoms with E-state index in [-0.39, 0.29) is 0 Å². The molecule has 0 N–H and O–H groups in total. The Balaban J connectivity index is 1.75. The van der Waals surface area contributed by atoms with Crippen LogP contribution in [0, 0.1) is 20.8 Å². The van der Waals surface area contributed by atoms with Crippen molar-refractivity contribution in [2.24, 2.45) is 0 Å². The van der Waals surface area contributed by atoms with Gasteiger partial charge in [0.1, 0.15) is 11.3 Å². The lowest BCUT2D eigenvalue weighted by Crippen LogP contribution is -2.10. The first-order valence-electron chi connectivity index (χ1n) is 7.92. The highest BCUT2D eigenvalue weighted by Crippen LogP contribution is 2.23. The van der Waals surface area contributed by atoms with Crippen LogP contribution in [0.3, 0.4) is 0 Å². The van der Waals surface area contributed by atoms with Gasteiger partial charge >= 0.3 is 5.97 Å². The third-order valence-electron chi connectivity index (χ3n) is 4.10. The number of esters is 1. The topological polar surface area (TPSA) is 69.4 Å². The molecule has 0 aliphatic rings. The van der Waals surface area contributed by atoms with Gasteiger partial charge in [-0.15, -0.1) is 0 Å². The predicted octanol–water partition coefficient (Wildman–Crippen LogP) is 3.42. The van der Waals surface area contributed by atoms with Gasteiger partial charge in [0.25, 0.3) is 0 Å². The first-order valence-corrected chi connectivity index (χ1v) is 7.92. The van der Waals surface area contributed by atoms with Gasteiger partial charge in [-0.1, -0.05) is 6.07 Å². The molecule has 3 heterocycles. The van der Waals surface area contributed by atoms with Gasteiger partial charge in [0.2, 0.25) is 0 Å². The van der Waals surface area contributed by atoms with E-state index in [4.69, 9.17) is 4.74 Å². The lowest BCUT2D eigenvalue weighted by atomic mass is 10.2. The van der Waals surface area contributed by atoms with Crippen LogP contribution >= 0.6 is 0 Å². The van der Waals surface area contributed by atoms with Gasteiger partial charge in [-0.3, -0.25) is 4.98 Å². The number of aromatic nitrogens is 4. The van der Waals surface area contributed by atoms with Crippen molar-refractivity contribution in [3.63, 3.8) is 0 Å². The molecule has 25 heavy (non-hydrogen) atoms. The number of rotatable bonds is 2. The van der Waals surface area contributed by atoms with Crippen LogP contribution in [0.5, 0.6) is 5.75 Å². The highest BCUT2D eigenvalue weighted by Gasteiger charge is 2.21. The van der Waals surface area contributed by atoms with E-state index in [2.05, 4.69) is 15.1 Å². The average molecular weight is 332 g/mol. The molecule has 0 aliphatic heterocycles. The van der Waals surface area contributed by atoms with Crippen LogP contribution in [0.1, 0.15) is 27.4 Å². The summed E-state index contributed by atoms with van der Waals surface area (Å²) in [6, 6.07) is 9.29. The maximum atomic E-state index is 12.7. The molecule has 0 fully saturated rings. The van der Waals surface area contributed by atoms with Crippen molar-refractivity contribution in [3.05, 3.63) is 65.4 Å². The summed E-state index contributed by atoms with van der Waals surface area (Å²) in [5, 5.41) is 6.36. The van der Waals surface area contributed by atoms with Crippen LogP contribution in [0.4, 0.5) is 0 Å². The lowest BCUT2D eigenvalue weighted by Gasteiger charge is -2.06. The number of aryl methyl sites for hydroxylation is 3. The van der Waals surface area contributed by atoms with E-state index in [0.717, 1.165) is 22.2 Å². The first-order chi connectivity index (χ1) is 12.0. The van der Waals surface area contributed by atoms with Crippen LogP contribution < -0.4 is 4.74 Å². The summed E-state index contributed by atoms with van der Waals surface area (Å²) < 4.78 is 7.25. The van der Waals surface area contributed by atoms with E-state index in [9.17, 15) is 4.79 Å². The molecular formula is C19H16N4O2. The standard InChI is InChI=1S/C19H16N4O2/c1-11-8-12(2)23-18(21-11)17(13(3)22-23)19(24)25-16-5-4-14-6-7-20-10-15(14)9-16/h4-10H,1-3H3. The predicted molar refractivity (Wildman–Crippen MR) is 93.9 cm³/mol. The SMILES string of the molecule is Cc1cc(C)n2nc(C)c(C(=O)Oc3ccc4ccncc4c3)c2n1. The minimum atomic E-state index is -0.465. The van der Waals surface area contributed by atoms with Gasteiger partial charge in [-0.05, 0) is 50.4 Å². The molecule has 3 aromatic heterocycles. The van der Waals surface area contributed by atoms with Gasteiger partial charge in [0.15, 0.2) is 5.65 Å². The second kappa shape index (κ2) is 5.66. The van der Waals surface area contributed by atoms with E-state index < -0.39 is 5.97 Å². The van der Waals surface area contributed by atoms with Crippen LogP contribution in [0.2, 0.25) is 0 Å². The molecule has 0 unspecified atom stereocenters. The number of benzene rings is 1. The molecule has 0 bridgehead atoms. The Labute approximate surface area is 144 Å². The lowest BCUT2D eigenvalue weighted by molar-refractivity contribution is 0.0736. The van der Waals surface area contributed by atoms with Gasteiger partial charge in [-0.2, -0.15) is 5.10 Å². The molecule has 0 saturated carbocycles. The van der Waals surface area contributed by atoms with Crippen LogP contribution in [-0.4, -0.2) is 25.6 Å². The summed E-state index contributed by atoms with van der Waals surface area (Å²) in [6.07, 6.45) is 3.47. The van der Waals surface area contributed by atoms with Crippen molar-refractivity contribution in [2.75, 3.05) is 0 Å². The molecule has 0 amide bonds. The zero-order chi connectivity index (χ0) is 17.6. The molecule has 0 radical (unpaired) electrons. The maximum absolute atomic E-state index is 12.7. The minimum absolute atomic E-state index is 0.387. The summed E-state index contributed by atoms with van der Waals surface area (Å²) in [4.78, 5) is 21.3. The summed E-state index contributed by atoms with van der Waals surface area (Å²) in [5.74, 6) is 0.00173. The number of hydrogen-bond acceptors (Lipinski definition) is 5. The fraction of sp³-hybridized carbons (Fsp3) is 0.158. The Morgan fingerprint density at radius 2 is 1.92 bits per heavy atom. The monoisotopic (exact) mass is 332 g/mol. The maximum Gasteiger partial charge on any atom is 0.349 e. The molecule has 6 heteroatoms. The largest absolute Gasteiger partial charge is 0.423 e. The van der Waals surface area contributed by atoms with Crippen molar-refractivity contribution in [1.29, 1.82) is 0 Å². The van der Waals surface area contributed by atoms with Gasteiger partial charge in [0.05, 0.1) is 5.69 Å². The fourth-order valence-electron chi connectivity index (χ4n) is 2.95. The molecule has 0 spiro atoms. The molecule has 6 nitrogen and oxygen atoms in total. The second-order valence-corrected chi connectivity index (χ2v) is 6.01. The zero-order valence-electron chi connectivity index (χ0n) is 14.1. The minimum Gasteiger partial charge on any atom is -0.423 e. The summed E-state index contributed by atoms with van der Waals surface area (Å²) in [7, 11) is 0. The van der Waals surface area contributed by atoms with Gasteiger partial charge < -0.3 is 4.74 Å². The summed E-state index contributed by atoms with van der Waals surface area (Å²) in [6.45, 7) is 5.60. The number of carbonyl (C=O) groups excluding carboxylic acids is 1. The van der Waals surface area contributed by atoms with Crippen molar-refractivity contribution >= 4 is 22.4 Å². The Hall–Kier alpha value is -3.28. The Bertz CT molecular complexity index is 1130. The third-order valence-corrected chi connectivity index (χ3v) is 4.10. The molecule has 1 aromatic carbocycles. The Morgan fingerprint density at radius 3 is 2.76 bits per heavy atom. The average Bonchev–Trinajstić information content (AvgIpc) is 2.91. The normalized spacial score (nSPS) is 11.2. The van der Waals surface area contributed by atoms with Crippen LogP contribution in [-0.2, 0) is 0 Å². The van der Waals surface area contributed by atoms with Crippen molar-refractivity contribution in [1.82, 2.24) is 19.6 Å². The van der Waals surface area contributed by atoms with Crippen LogP contribution in [0.25, 0.3) is 16.4 Å². The molecule has 0 saturated heterocycles. The van der Waals surface area contributed by atoms with E-state index in [1.54, 1.807) is 36.0 Å². The number of nitrogens with zero attached hydrogens (tertiary/aromatic N) is 4. The number of hydrogen-bond donors (Lipinski definition) is 0. The van der Waals surface area contributed by atoms with Gasteiger partial charge in [0, 0.05) is 29.2 Å². The van der Waals surface area contributed by atoms with Crippen molar-refractivity contribution in [2.45, 2.75) is 20.8 Å². The van der Waals surface area contributed by atoms with E-state index in [1.807, 2.05) is 32.0 Å². The van der Waals surface area contributed by atoms with E-state index in [1.165, 1.54) is 0 Å². The number of fused-ring (bicyclic) bond motifs is 2. The highest BCUT2D eigenvalue weighted by molar-refractivity contribution is 5.98. The molecule has 4 rings (SSSR count). The molecule has 0 aliphatic carbocycles. The highest BCUT2D eigenvalue weighted by atomic mass is 16.5. The number of carbonyl (C=O) groups is 1.